The minimum atomic E-state index is -5.08. The van der Waals surface area contributed by atoms with Gasteiger partial charge in [0, 0.05) is 37.1 Å². The maximum absolute atomic E-state index is 10.6. The van der Waals surface area contributed by atoms with E-state index < -0.39 is 12.1 Å². The normalized spacial score (nSPS) is 11.2. The molecule has 156 valence electrons. The van der Waals surface area contributed by atoms with E-state index in [1.807, 2.05) is 41.4 Å². The first-order chi connectivity index (χ1) is 14.3. The Bertz CT molecular complexity index is 1110. The predicted octanol–water partition coefficient (Wildman–Crippen LogP) is 3.07. The summed E-state index contributed by atoms with van der Waals surface area (Å²) in [6, 6.07) is 10.3. The van der Waals surface area contributed by atoms with Gasteiger partial charge in [-0.15, -0.1) is 0 Å². The average molecular weight is 418 g/mol. The maximum atomic E-state index is 10.6. The summed E-state index contributed by atoms with van der Waals surface area (Å²) in [7, 11) is 0. The second-order valence-corrected chi connectivity index (χ2v) is 6.15. The number of halogens is 3. The van der Waals surface area contributed by atoms with Crippen LogP contribution in [0, 0.1) is 0 Å². The molecule has 1 aromatic carbocycles. The van der Waals surface area contributed by atoms with Crippen molar-refractivity contribution in [2.45, 2.75) is 19.3 Å². The van der Waals surface area contributed by atoms with Gasteiger partial charge in [-0.2, -0.15) is 18.3 Å². The van der Waals surface area contributed by atoms with Crippen molar-refractivity contribution in [1.29, 1.82) is 0 Å². The summed E-state index contributed by atoms with van der Waals surface area (Å²) in [5, 5.41) is 18.9. The molecule has 0 aliphatic carbocycles. The van der Waals surface area contributed by atoms with Gasteiger partial charge in [-0.1, -0.05) is 12.1 Å². The number of carboxylic acids is 1. The van der Waals surface area contributed by atoms with E-state index in [0.29, 0.717) is 0 Å². The largest absolute Gasteiger partial charge is 0.490 e. The number of benzene rings is 1. The van der Waals surface area contributed by atoms with Gasteiger partial charge in [-0.05, 0) is 29.3 Å². The summed E-state index contributed by atoms with van der Waals surface area (Å²) in [5.74, 6) is -1.88. The van der Waals surface area contributed by atoms with E-state index in [4.69, 9.17) is 9.90 Å². The Morgan fingerprint density at radius 2 is 2.00 bits per heavy atom. The Hall–Kier alpha value is -3.73. The van der Waals surface area contributed by atoms with Gasteiger partial charge < -0.3 is 10.4 Å². The van der Waals surface area contributed by atoms with E-state index in [9.17, 15) is 13.2 Å². The highest BCUT2D eigenvalue weighted by Gasteiger charge is 2.38. The summed E-state index contributed by atoms with van der Waals surface area (Å²) in [6.07, 6.45) is 4.00. The molecule has 0 aliphatic heterocycles. The van der Waals surface area contributed by atoms with Crippen LogP contribution in [0.2, 0.25) is 0 Å². The Kier molecular flexibility index (Phi) is 6.42. The van der Waals surface area contributed by atoms with E-state index >= 15 is 0 Å². The monoisotopic (exact) mass is 418 g/mol. The zero-order valence-electron chi connectivity index (χ0n) is 15.5. The smallest absolute Gasteiger partial charge is 0.475 e. The van der Waals surface area contributed by atoms with E-state index in [-0.39, 0.29) is 0 Å². The molecular weight excluding hydrogens is 401 g/mol. The SMILES string of the molecule is O=C(O)C(F)(F)F.c1cc(CNCc2ccnc(-n3ccnc3)c2)c2cn[nH]c2c1. The molecule has 0 saturated heterocycles. The molecule has 3 N–H and O–H groups in total. The Balaban J connectivity index is 0.000000318. The van der Waals surface area contributed by atoms with Gasteiger partial charge in [0.1, 0.15) is 12.1 Å². The number of rotatable bonds is 5. The zero-order valence-corrected chi connectivity index (χ0v) is 15.5. The minimum Gasteiger partial charge on any atom is -0.475 e. The van der Waals surface area contributed by atoms with Crippen LogP contribution < -0.4 is 5.32 Å². The number of imidazole rings is 1. The second-order valence-electron chi connectivity index (χ2n) is 6.15. The Morgan fingerprint density at radius 3 is 2.70 bits per heavy atom. The lowest BCUT2D eigenvalue weighted by molar-refractivity contribution is -0.192. The number of carbonyl (C=O) groups is 1. The van der Waals surface area contributed by atoms with Crippen molar-refractivity contribution in [2.75, 3.05) is 0 Å². The predicted molar refractivity (Wildman–Crippen MR) is 102 cm³/mol. The van der Waals surface area contributed by atoms with Gasteiger partial charge in [0.15, 0.2) is 0 Å². The topological polar surface area (TPSA) is 109 Å². The summed E-state index contributed by atoms with van der Waals surface area (Å²) >= 11 is 0. The van der Waals surface area contributed by atoms with Gasteiger partial charge in [0.2, 0.25) is 0 Å². The Labute approximate surface area is 168 Å². The lowest BCUT2D eigenvalue weighted by atomic mass is 10.1. The van der Waals surface area contributed by atoms with E-state index in [1.165, 1.54) is 11.1 Å². The van der Waals surface area contributed by atoms with Gasteiger partial charge in [-0.25, -0.2) is 14.8 Å². The van der Waals surface area contributed by atoms with Crippen LogP contribution in [0.5, 0.6) is 0 Å². The molecule has 0 saturated carbocycles. The van der Waals surface area contributed by atoms with Crippen LogP contribution >= 0.6 is 0 Å². The number of aliphatic carboxylic acids is 1. The van der Waals surface area contributed by atoms with Crippen LogP contribution in [-0.2, 0) is 17.9 Å². The molecule has 11 heteroatoms. The minimum absolute atomic E-state index is 0.776. The molecule has 0 fully saturated rings. The first-order valence-electron chi connectivity index (χ1n) is 8.69. The maximum Gasteiger partial charge on any atom is 0.490 e. The van der Waals surface area contributed by atoms with Gasteiger partial charge in [0.25, 0.3) is 0 Å². The molecule has 0 atom stereocenters. The molecule has 0 aliphatic rings. The number of pyridine rings is 1. The molecule has 0 unspecified atom stereocenters. The van der Waals surface area contributed by atoms with Gasteiger partial charge >= 0.3 is 12.1 Å². The molecule has 8 nitrogen and oxygen atoms in total. The summed E-state index contributed by atoms with van der Waals surface area (Å²) < 4.78 is 33.6. The second kappa shape index (κ2) is 9.18. The van der Waals surface area contributed by atoms with Crippen LogP contribution in [0.25, 0.3) is 16.7 Å². The van der Waals surface area contributed by atoms with Crippen LogP contribution in [0.3, 0.4) is 0 Å². The first kappa shape index (κ1) is 21.0. The standard InChI is InChI=1S/C17H16N6.C2HF3O2/c1-2-14(15-11-21-22-16(15)3-1)10-19-9-13-4-5-20-17(8-13)23-7-6-18-12-23;3-2(4,5)1(6)7/h1-8,11-12,19H,9-10H2,(H,21,22);(H,6,7). The number of aromatic amines is 1. The van der Waals surface area contributed by atoms with Crippen molar-refractivity contribution in [3.8, 4) is 5.82 Å². The highest BCUT2D eigenvalue weighted by molar-refractivity contribution is 5.81. The number of aromatic nitrogens is 5. The summed E-state index contributed by atoms with van der Waals surface area (Å²) in [6.45, 7) is 1.57. The van der Waals surface area contributed by atoms with Gasteiger partial charge in [0.05, 0.1) is 11.7 Å². The molecular formula is C19H17F3N6O2. The Morgan fingerprint density at radius 1 is 1.20 bits per heavy atom. The number of hydrogen-bond acceptors (Lipinski definition) is 5. The lowest BCUT2D eigenvalue weighted by Crippen LogP contribution is -2.21. The molecule has 0 spiro atoms. The summed E-state index contributed by atoms with van der Waals surface area (Å²) in [4.78, 5) is 17.3. The summed E-state index contributed by atoms with van der Waals surface area (Å²) in [5.41, 5.74) is 3.49. The first-order valence-corrected chi connectivity index (χ1v) is 8.69. The van der Waals surface area contributed by atoms with Crippen LogP contribution in [0.4, 0.5) is 13.2 Å². The number of nitrogens with one attached hydrogen (secondary N) is 2. The van der Waals surface area contributed by atoms with E-state index in [2.05, 4.69) is 37.6 Å². The van der Waals surface area contributed by atoms with Crippen LogP contribution in [0.15, 0.2) is 61.4 Å². The fourth-order valence-electron chi connectivity index (χ4n) is 2.63. The number of carboxylic acid groups (broad SMARTS) is 1. The van der Waals surface area contributed by atoms with Crippen molar-refractivity contribution in [3.05, 3.63) is 72.6 Å². The lowest BCUT2D eigenvalue weighted by Gasteiger charge is -2.08. The van der Waals surface area contributed by atoms with Crippen molar-refractivity contribution < 1.29 is 23.1 Å². The number of alkyl halides is 3. The third-order valence-electron chi connectivity index (χ3n) is 4.04. The van der Waals surface area contributed by atoms with Crippen molar-refractivity contribution in [3.63, 3.8) is 0 Å². The third-order valence-corrected chi connectivity index (χ3v) is 4.04. The molecule has 3 heterocycles. The van der Waals surface area contributed by atoms with Crippen molar-refractivity contribution in [2.24, 2.45) is 0 Å². The number of fused-ring (bicyclic) bond motifs is 1. The van der Waals surface area contributed by atoms with Crippen LogP contribution in [0.1, 0.15) is 11.1 Å². The van der Waals surface area contributed by atoms with Crippen LogP contribution in [-0.4, -0.2) is 42.0 Å². The average Bonchev–Trinajstić information content (AvgIpc) is 3.40. The van der Waals surface area contributed by atoms with E-state index in [0.717, 1.165) is 29.8 Å². The fourth-order valence-corrected chi connectivity index (χ4v) is 2.63. The molecule has 0 radical (unpaired) electrons. The zero-order chi connectivity index (χ0) is 21.6. The number of nitrogens with zero attached hydrogens (tertiary/aromatic N) is 4. The van der Waals surface area contributed by atoms with Crippen molar-refractivity contribution in [1.82, 2.24) is 30.0 Å². The number of H-pyrrole nitrogens is 1. The molecule has 30 heavy (non-hydrogen) atoms. The fraction of sp³-hybridized carbons (Fsp3) is 0.158. The van der Waals surface area contributed by atoms with Gasteiger partial charge in [-0.3, -0.25) is 9.67 Å². The molecule has 3 aromatic heterocycles. The van der Waals surface area contributed by atoms with E-state index in [1.54, 1.807) is 12.5 Å². The quantitative estimate of drug-likeness (QED) is 0.460. The number of hydrogen-bond donors (Lipinski definition) is 3. The molecule has 4 aromatic rings. The highest BCUT2D eigenvalue weighted by Crippen LogP contribution is 2.16. The highest BCUT2D eigenvalue weighted by atomic mass is 19.4. The third kappa shape index (κ3) is 5.41. The molecule has 0 bridgehead atoms. The van der Waals surface area contributed by atoms with Crippen molar-refractivity contribution >= 4 is 16.9 Å². The molecule has 4 rings (SSSR count). The molecule has 0 amide bonds.